The van der Waals surface area contributed by atoms with E-state index in [0.717, 1.165) is 16.6 Å². The monoisotopic (exact) mass is 244 g/mol. The molecule has 4 N–H and O–H groups in total. The third-order valence-corrected chi connectivity index (χ3v) is 2.58. The first-order valence-electron chi connectivity index (χ1n) is 5.79. The SMILES string of the molecule is CC(=O)NCCNc1nccc2ccc(N)cc12. The van der Waals surface area contributed by atoms with Crippen LogP contribution in [-0.2, 0) is 4.79 Å². The summed E-state index contributed by atoms with van der Waals surface area (Å²) in [6.07, 6.45) is 1.75. The van der Waals surface area contributed by atoms with Crippen molar-refractivity contribution in [2.24, 2.45) is 0 Å². The number of anilines is 2. The van der Waals surface area contributed by atoms with Crippen LogP contribution in [0.4, 0.5) is 11.5 Å². The summed E-state index contributed by atoms with van der Waals surface area (Å²) in [7, 11) is 0. The van der Waals surface area contributed by atoms with Crippen molar-refractivity contribution in [3.63, 3.8) is 0 Å². The number of fused-ring (bicyclic) bond motifs is 1. The van der Waals surface area contributed by atoms with E-state index in [0.29, 0.717) is 18.8 Å². The molecule has 2 rings (SSSR count). The molecule has 1 amide bonds. The molecule has 1 aromatic heterocycles. The van der Waals surface area contributed by atoms with Crippen LogP contribution in [0.3, 0.4) is 0 Å². The summed E-state index contributed by atoms with van der Waals surface area (Å²) in [5.74, 6) is 0.747. The molecular weight excluding hydrogens is 228 g/mol. The van der Waals surface area contributed by atoms with Crippen LogP contribution in [-0.4, -0.2) is 24.0 Å². The van der Waals surface area contributed by atoms with E-state index in [2.05, 4.69) is 15.6 Å². The van der Waals surface area contributed by atoms with Crippen molar-refractivity contribution >= 4 is 28.2 Å². The number of pyridine rings is 1. The number of nitrogens with two attached hydrogens (primary N) is 1. The first-order chi connectivity index (χ1) is 8.66. The lowest BCUT2D eigenvalue weighted by Crippen LogP contribution is -2.26. The summed E-state index contributed by atoms with van der Waals surface area (Å²) in [5.41, 5.74) is 6.48. The van der Waals surface area contributed by atoms with Crippen molar-refractivity contribution in [1.29, 1.82) is 0 Å². The topological polar surface area (TPSA) is 80.0 Å². The Labute approximate surface area is 105 Å². The average molecular weight is 244 g/mol. The molecule has 0 radical (unpaired) electrons. The molecule has 1 aromatic carbocycles. The van der Waals surface area contributed by atoms with Gasteiger partial charge in [0.2, 0.25) is 5.91 Å². The second-order valence-electron chi connectivity index (χ2n) is 4.05. The fourth-order valence-electron chi connectivity index (χ4n) is 1.75. The van der Waals surface area contributed by atoms with Gasteiger partial charge in [0, 0.05) is 37.3 Å². The maximum absolute atomic E-state index is 10.7. The van der Waals surface area contributed by atoms with Gasteiger partial charge in [-0.05, 0) is 23.6 Å². The largest absolute Gasteiger partial charge is 0.399 e. The van der Waals surface area contributed by atoms with Gasteiger partial charge in [0.15, 0.2) is 0 Å². The summed E-state index contributed by atoms with van der Waals surface area (Å²) in [6, 6.07) is 7.66. The molecule has 5 heteroatoms. The van der Waals surface area contributed by atoms with Crippen LogP contribution < -0.4 is 16.4 Å². The smallest absolute Gasteiger partial charge is 0.216 e. The average Bonchev–Trinajstić information content (AvgIpc) is 2.34. The Kier molecular flexibility index (Phi) is 3.62. The fourth-order valence-corrected chi connectivity index (χ4v) is 1.75. The van der Waals surface area contributed by atoms with Crippen molar-refractivity contribution in [2.75, 3.05) is 24.1 Å². The molecule has 0 aliphatic heterocycles. The predicted octanol–water partition coefficient (Wildman–Crippen LogP) is 1.36. The second kappa shape index (κ2) is 5.35. The molecule has 18 heavy (non-hydrogen) atoms. The standard InChI is InChI=1S/C13H16N4O/c1-9(18)15-6-7-17-13-12-8-11(14)3-2-10(12)4-5-16-13/h2-5,8H,6-7,14H2,1H3,(H,15,18)(H,16,17). The Balaban J connectivity index is 2.12. The molecule has 94 valence electrons. The van der Waals surface area contributed by atoms with E-state index >= 15 is 0 Å². The van der Waals surface area contributed by atoms with Crippen LogP contribution in [0.2, 0.25) is 0 Å². The maximum atomic E-state index is 10.7. The molecular formula is C13H16N4O. The number of aromatic nitrogens is 1. The Morgan fingerprint density at radius 1 is 1.33 bits per heavy atom. The highest BCUT2D eigenvalue weighted by Gasteiger charge is 2.02. The maximum Gasteiger partial charge on any atom is 0.216 e. The van der Waals surface area contributed by atoms with Gasteiger partial charge in [-0.2, -0.15) is 0 Å². The molecule has 0 aliphatic carbocycles. The van der Waals surface area contributed by atoms with Gasteiger partial charge in [-0.1, -0.05) is 6.07 Å². The molecule has 0 aliphatic rings. The molecule has 0 saturated heterocycles. The van der Waals surface area contributed by atoms with Crippen molar-refractivity contribution in [3.05, 3.63) is 30.5 Å². The fraction of sp³-hybridized carbons (Fsp3) is 0.231. The van der Waals surface area contributed by atoms with Gasteiger partial charge in [-0.25, -0.2) is 4.98 Å². The van der Waals surface area contributed by atoms with Crippen LogP contribution in [0.5, 0.6) is 0 Å². The number of amides is 1. The lowest BCUT2D eigenvalue weighted by atomic mass is 10.1. The summed E-state index contributed by atoms with van der Waals surface area (Å²) < 4.78 is 0. The molecule has 5 nitrogen and oxygen atoms in total. The molecule has 0 saturated carbocycles. The van der Waals surface area contributed by atoms with Crippen molar-refractivity contribution in [1.82, 2.24) is 10.3 Å². The van der Waals surface area contributed by atoms with E-state index in [4.69, 9.17) is 5.73 Å². The second-order valence-corrected chi connectivity index (χ2v) is 4.05. The van der Waals surface area contributed by atoms with E-state index < -0.39 is 0 Å². The van der Waals surface area contributed by atoms with Gasteiger partial charge in [0.25, 0.3) is 0 Å². The van der Waals surface area contributed by atoms with E-state index in [-0.39, 0.29) is 5.91 Å². The Morgan fingerprint density at radius 2 is 2.17 bits per heavy atom. The van der Waals surface area contributed by atoms with Crippen LogP contribution in [0.25, 0.3) is 10.8 Å². The highest BCUT2D eigenvalue weighted by molar-refractivity contribution is 5.93. The molecule has 0 spiro atoms. The number of nitrogens with zero attached hydrogens (tertiary/aromatic N) is 1. The summed E-state index contributed by atoms with van der Waals surface area (Å²) in [5, 5.41) is 7.98. The van der Waals surface area contributed by atoms with Crippen LogP contribution in [0.15, 0.2) is 30.5 Å². The lowest BCUT2D eigenvalue weighted by molar-refractivity contribution is -0.118. The predicted molar refractivity (Wildman–Crippen MR) is 73.3 cm³/mol. The molecule has 0 fully saturated rings. The quantitative estimate of drug-likeness (QED) is 0.560. The Morgan fingerprint density at radius 3 is 2.94 bits per heavy atom. The van der Waals surface area contributed by atoms with E-state index in [9.17, 15) is 4.79 Å². The molecule has 2 aromatic rings. The molecule has 0 bridgehead atoms. The van der Waals surface area contributed by atoms with Crippen LogP contribution in [0.1, 0.15) is 6.92 Å². The van der Waals surface area contributed by atoms with Crippen molar-refractivity contribution < 1.29 is 4.79 Å². The van der Waals surface area contributed by atoms with Gasteiger partial charge >= 0.3 is 0 Å². The van der Waals surface area contributed by atoms with Gasteiger partial charge in [-0.3, -0.25) is 4.79 Å². The Hall–Kier alpha value is -2.30. The molecule has 0 unspecified atom stereocenters. The minimum atomic E-state index is -0.0353. The zero-order valence-corrected chi connectivity index (χ0v) is 10.2. The Bertz CT molecular complexity index is 568. The zero-order valence-electron chi connectivity index (χ0n) is 10.2. The first-order valence-corrected chi connectivity index (χ1v) is 5.79. The van der Waals surface area contributed by atoms with Gasteiger partial charge < -0.3 is 16.4 Å². The number of hydrogen-bond donors (Lipinski definition) is 3. The van der Waals surface area contributed by atoms with E-state index in [1.54, 1.807) is 6.20 Å². The van der Waals surface area contributed by atoms with Crippen LogP contribution >= 0.6 is 0 Å². The summed E-state index contributed by atoms with van der Waals surface area (Å²) in [4.78, 5) is 15.0. The number of carbonyl (C=O) groups is 1. The van der Waals surface area contributed by atoms with E-state index in [1.165, 1.54) is 6.92 Å². The van der Waals surface area contributed by atoms with Gasteiger partial charge in [0.1, 0.15) is 5.82 Å². The molecule has 1 heterocycles. The van der Waals surface area contributed by atoms with Crippen LogP contribution in [0, 0.1) is 0 Å². The highest BCUT2D eigenvalue weighted by Crippen LogP contribution is 2.22. The third-order valence-electron chi connectivity index (χ3n) is 2.58. The number of nitrogens with one attached hydrogen (secondary N) is 2. The number of carbonyl (C=O) groups excluding carboxylic acids is 1. The first kappa shape index (κ1) is 12.2. The summed E-state index contributed by atoms with van der Waals surface area (Å²) >= 11 is 0. The summed E-state index contributed by atoms with van der Waals surface area (Å²) in [6.45, 7) is 2.69. The number of hydrogen-bond acceptors (Lipinski definition) is 4. The van der Waals surface area contributed by atoms with Crippen molar-refractivity contribution in [2.45, 2.75) is 6.92 Å². The van der Waals surface area contributed by atoms with Crippen molar-refractivity contribution in [3.8, 4) is 0 Å². The number of benzene rings is 1. The van der Waals surface area contributed by atoms with E-state index in [1.807, 2.05) is 24.3 Å². The normalized spacial score (nSPS) is 10.3. The third kappa shape index (κ3) is 2.88. The lowest BCUT2D eigenvalue weighted by Gasteiger charge is -2.09. The van der Waals surface area contributed by atoms with Gasteiger partial charge in [-0.15, -0.1) is 0 Å². The number of nitrogen functional groups attached to an aromatic ring is 1. The minimum Gasteiger partial charge on any atom is -0.399 e. The van der Waals surface area contributed by atoms with Gasteiger partial charge in [0.05, 0.1) is 0 Å². The number of rotatable bonds is 4. The molecule has 0 atom stereocenters. The highest BCUT2D eigenvalue weighted by atomic mass is 16.1. The zero-order chi connectivity index (χ0) is 13.0. The minimum absolute atomic E-state index is 0.0353.